The van der Waals surface area contributed by atoms with E-state index in [1.54, 1.807) is 28.9 Å². The van der Waals surface area contributed by atoms with E-state index in [4.69, 9.17) is 33.1 Å². The molecule has 1 aliphatic heterocycles. The fourth-order valence-corrected chi connectivity index (χ4v) is 4.16. The zero-order chi connectivity index (χ0) is 22.5. The van der Waals surface area contributed by atoms with Gasteiger partial charge >= 0.3 is 0 Å². The number of piperidine rings is 1. The number of likely N-dealkylation sites (tertiary alicyclic amines) is 1. The van der Waals surface area contributed by atoms with Crippen molar-refractivity contribution < 1.29 is 9.23 Å². The minimum Gasteiger partial charge on any atom is -0.396 e. The van der Waals surface area contributed by atoms with E-state index in [2.05, 4.69) is 10.1 Å². The maximum atomic E-state index is 14.6. The summed E-state index contributed by atoms with van der Waals surface area (Å²) in [6, 6.07) is 12.1. The monoisotopic (exact) mass is 474 g/mol. The lowest BCUT2D eigenvalue weighted by Gasteiger charge is -2.30. The minimum atomic E-state index is -0.293. The van der Waals surface area contributed by atoms with Crippen LogP contribution in [-0.2, 0) is 11.4 Å². The Balaban J connectivity index is 1.59. The molecule has 2 aromatic carbocycles. The van der Waals surface area contributed by atoms with Gasteiger partial charge in [-0.25, -0.2) is 9.07 Å². The second-order valence-electron chi connectivity index (χ2n) is 7.81. The second-order valence-corrected chi connectivity index (χ2v) is 8.63. The van der Waals surface area contributed by atoms with Crippen molar-refractivity contribution in [3.05, 3.63) is 70.1 Å². The van der Waals surface area contributed by atoms with Crippen molar-refractivity contribution in [1.82, 2.24) is 14.7 Å². The molecule has 1 aromatic heterocycles. The maximum Gasteiger partial charge on any atom is 0.132 e. The number of oxime groups is 1. The normalized spacial score (nSPS) is 15.5. The van der Waals surface area contributed by atoms with Crippen LogP contribution in [0, 0.1) is 11.7 Å². The third-order valence-electron chi connectivity index (χ3n) is 5.59. The fourth-order valence-electron chi connectivity index (χ4n) is 3.87. The first-order valence-corrected chi connectivity index (χ1v) is 11.5. The van der Waals surface area contributed by atoms with Gasteiger partial charge in [0.05, 0.1) is 15.7 Å². The van der Waals surface area contributed by atoms with Crippen LogP contribution >= 0.6 is 23.2 Å². The molecule has 1 aliphatic rings. The number of aromatic nitrogens is 2. The van der Waals surface area contributed by atoms with Crippen LogP contribution in [0.3, 0.4) is 0 Å². The third kappa shape index (κ3) is 5.31. The molecule has 0 bridgehead atoms. The molecule has 4 rings (SSSR count). The number of rotatable bonds is 7. The Bertz CT molecular complexity index is 1090. The molecule has 2 heterocycles. The molecule has 8 heteroatoms. The first-order valence-electron chi connectivity index (χ1n) is 10.7. The topological polar surface area (TPSA) is 42.6 Å². The summed E-state index contributed by atoms with van der Waals surface area (Å²) in [6.07, 6.45) is 5.87. The summed E-state index contributed by atoms with van der Waals surface area (Å²) in [7, 11) is 0. The van der Waals surface area contributed by atoms with Crippen molar-refractivity contribution in [2.45, 2.75) is 26.3 Å². The van der Waals surface area contributed by atoms with Gasteiger partial charge in [-0.15, -0.1) is 0 Å². The van der Waals surface area contributed by atoms with E-state index in [0.29, 0.717) is 40.4 Å². The van der Waals surface area contributed by atoms with E-state index in [1.165, 1.54) is 6.07 Å². The highest BCUT2D eigenvalue weighted by atomic mass is 35.5. The van der Waals surface area contributed by atoms with Gasteiger partial charge in [0.1, 0.15) is 18.1 Å². The van der Waals surface area contributed by atoms with Crippen LogP contribution in [0.25, 0.3) is 16.9 Å². The van der Waals surface area contributed by atoms with Gasteiger partial charge in [-0.05, 0) is 69.1 Å². The Kier molecular flexibility index (Phi) is 7.45. The Morgan fingerprint density at radius 2 is 1.94 bits per heavy atom. The van der Waals surface area contributed by atoms with E-state index < -0.39 is 0 Å². The van der Waals surface area contributed by atoms with Crippen molar-refractivity contribution in [2.75, 3.05) is 19.7 Å². The third-order valence-corrected chi connectivity index (χ3v) is 6.33. The summed E-state index contributed by atoms with van der Waals surface area (Å²) in [5.74, 6) is 0.127. The molecule has 0 radical (unpaired) electrons. The minimum absolute atomic E-state index is 0.293. The average Bonchev–Trinajstić information content (AvgIpc) is 3.21. The van der Waals surface area contributed by atoms with Crippen molar-refractivity contribution in [1.29, 1.82) is 0 Å². The van der Waals surface area contributed by atoms with E-state index in [0.717, 1.165) is 37.2 Å². The lowest BCUT2D eigenvalue weighted by atomic mass is 9.97. The molecule has 1 fully saturated rings. The summed E-state index contributed by atoms with van der Waals surface area (Å²) in [5.41, 5.74) is 2.85. The van der Waals surface area contributed by atoms with Crippen LogP contribution in [0.1, 0.15) is 25.3 Å². The summed E-state index contributed by atoms with van der Waals surface area (Å²) in [6.45, 7) is 5.04. The summed E-state index contributed by atoms with van der Waals surface area (Å²) < 4.78 is 16.4. The lowest BCUT2D eigenvalue weighted by Crippen LogP contribution is -2.33. The largest absolute Gasteiger partial charge is 0.396 e. The Labute approximate surface area is 197 Å². The number of hydrogen-bond acceptors (Lipinski definition) is 4. The van der Waals surface area contributed by atoms with Gasteiger partial charge in [-0.1, -0.05) is 40.5 Å². The highest BCUT2D eigenvalue weighted by Gasteiger charge is 2.22. The quantitative estimate of drug-likeness (QED) is 0.301. The standard InChI is InChI=1S/C24H25Cl2FN4O/c1-2-32-28-14-17-9-11-30(12-10-17)15-18-16-31(19-7-8-21(25)22(26)13-19)29-24(18)20-5-3-4-6-23(20)27/h3-8,13-14,16-17H,2,9-12,15H2,1H3/b28-14+. The summed E-state index contributed by atoms with van der Waals surface area (Å²) >= 11 is 12.3. The van der Waals surface area contributed by atoms with E-state index in [-0.39, 0.29) is 5.82 Å². The molecular formula is C24H25Cl2FN4O. The van der Waals surface area contributed by atoms with Gasteiger partial charge in [0.2, 0.25) is 0 Å². The molecule has 0 spiro atoms. The Hall–Kier alpha value is -2.41. The smallest absolute Gasteiger partial charge is 0.132 e. The van der Waals surface area contributed by atoms with Crippen LogP contribution in [0.4, 0.5) is 4.39 Å². The average molecular weight is 475 g/mol. The van der Waals surface area contributed by atoms with E-state index in [9.17, 15) is 4.39 Å². The number of hydrogen-bond donors (Lipinski definition) is 0. The predicted molar refractivity (Wildman–Crippen MR) is 127 cm³/mol. The van der Waals surface area contributed by atoms with Crippen molar-refractivity contribution >= 4 is 29.4 Å². The van der Waals surface area contributed by atoms with Crippen molar-refractivity contribution in [3.8, 4) is 16.9 Å². The molecule has 0 aliphatic carbocycles. The molecule has 168 valence electrons. The highest BCUT2D eigenvalue weighted by molar-refractivity contribution is 6.42. The van der Waals surface area contributed by atoms with E-state index >= 15 is 0 Å². The predicted octanol–water partition coefficient (Wildman–Crippen LogP) is 6.22. The number of benzene rings is 2. The maximum absolute atomic E-state index is 14.6. The van der Waals surface area contributed by atoms with Gasteiger partial charge in [-0.3, -0.25) is 4.90 Å². The van der Waals surface area contributed by atoms with Gasteiger partial charge in [0.15, 0.2) is 0 Å². The molecule has 5 nitrogen and oxygen atoms in total. The molecule has 0 N–H and O–H groups in total. The Morgan fingerprint density at radius 1 is 1.16 bits per heavy atom. The van der Waals surface area contributed by atoms with Gasteiger partial charge < -0.3 is 4.84 Å². The Morgan fingerprint density at radius 3 is 2.66 bits per heavy atom. The number of halogens is 3. The molecule has 0 amide bonds. The first kappa shape index (κ1) is 22.8. The molecule has 0 saturated carbocycles. The van der Waals surface area contributed by atoms with Crippen LogP contribution in [0.5, 0.6) is 0 Å². The molecule has 0 unspecified atom stereocenters. The van der Waals surface area contributed by atoms with Crippen molar-refractivity contribution in [2.24, 2.45) is 11.1 Å². The van der Waals surface area contributed by atoms with Crippen LogP contribution in [0.2, 0.25) is 10.0 Å². The van der Waals surface area contributed by atoms with Crippen LogP contribution < -0.4 is 0 Å². The molecule has 0 atom stereocenters. The second kappa shape index (κ2) is 10.5. The van der Waals surface area contributed by atoms with Crippen LogP contribution in [-0.4, -0.2) is 40.6 Å². The van der Waals surface area contributed by atoms with Gasteiger partial charge in [0.25, 0.3) is 0 Å². The zero-order valence-corrected chi connectivity index (χ0v) is 19.4. The molecule has 1 saturated heterocycles. The summed E-state index contributed by atoms with van der Waals surface area (Å²) in [4.78, 5) is 7.45. The first-order chi connectivity index (χ1) is 15.5. The highest BCUT2D eigenvalue weighted by Crippen LogP contribution is 2.30. The van der Waals surface area contributed by atoms with Crippen molar-refractivity contribution in [3.63, 3.8) is 0 Å². The molecule has 32 heavy (non-hydrogen) atoms. The molecular weight excluding hydrogens is 450 g/mol. The number of nitrogens with zero attached hydrogens (tertiary/aromatic N) is 4. The fraction of sp³-hybridized carbons (Fsp3) is 0.333. The van der Waals surface area contributed by atoms with Gasteiger partial charge in [-0.2, -0.15) is 5.10 Å². The van der Waals surface area contributed by atoms with Crippen LogP contribution in [0.15, 0.2) is 53.8 Å². The molecule has 3 aromatic rings. The zero-order valence-electron chi connectivity index (χ0n) is 17.8. The van der Waals surface area contributed by atoms with E-state index in [1.807, 2.05) is 31.5 Å². The van der Waals surface area contributed by atoms with Gasteiger partial charge in [0, 0.05) is 30.1 Å². The summed E-state index contributed by atoms with van der Waals surface area (Å²) in [5, 5.41) is 9.67. The lowest BCUT2D eigenvalue weighted by molar-refractivity contribution is 0.155. The SMILES string of the molecule is CCO/N=C/C1CCN(Cc2cn(-c3ccc(Cl)c(Cl)c3)nc2-c2ccccc2F)CC1.